The highest BCUT2D eigenvalue weighted by Gasteiger charge is 2.25. The number of hydrogen-bond donors (Lipinski definition) is 1. The van der Waals surface area contributed by atoms with E-state index in [0.29, 0.717) is 0 Å². The van der Waals surface area contributed by atoms with Crippen molar-refractivity contribution in [2.24, 2.45) is 0 Å². The fourth-order valence-electron chi connectivity index (χ4n) is 4.53. The predicted molar refractivity (Wildman–Crippen MR) is 127 cm³/mol. The maximum Gasteiger partial charge on any atom is 0.0349 e. The van der Waals surface area contributed by atoms with Gasteiger partial charge >= 0.3 is 0 Å². The van der Waals surface area contributed by atoms with E-state index in [0.717, 1.165) is 12.1 Å². The summed E-state index contributed by atoms with van der Waals surface area (Å²) in [6.45, 7) is 6.15. The van der Waals surface area contributed by atoms with Gasteiger partial charge in [0.05, 0.1) is 0 Å². The number of benzene rings is 4. The minimum Gasteiger partial charge on any atom is -0.398 e. The highest BCUT2D eigenvalue weighted by Crippen LogP contribution is 2.43. The lowest BCUT2D eigenvalue weighted by Crippen LogP contribution is -2.11. The van der Waals surface area contributed by atoms with Crippen LogP contribution in [0.25, 0.3) is 21.5 Å². The number of fused-ring (bicyclic) bond motifs is 3. The molecule has 0 heterocycles. The Morgan fingerprint density at radius 3 is 2.21 bits per heavy atom. The summed E-state index contributed by atoms with van der Waals surface area (Å²) < 4.78 is 0. The Balaban J connectivity index is 2.00. The molecule has 0 aliphatic rings. The zero-order valence-electron chi connectivity index (χ0n) is 16.9. The highest BCUT2D eigenvalue weighted by molar-refractivity contribution is 6.09. The van der Waals surface area contributed by atoms with E-state index < -0.39 is 0 Å². The van der Waals surface area contributed by atoms with Crippen molar-refractivity contribution in [1.29, 1.82) is 0 Å². The van der Waals surface area contributed by atoms with Crippen molar-refractivity contribution in [2.45, 2.75) is 25.2 Å². The van der Waals surface area contributed by atoms with Crippen LogP contribution in [0, 0.1) is 0 Å². The average molecular weight is 378 g/mol. The minimum atomic E-state index is 0.206. The van der Waals surface area contributed by atoms with Gasteiger partial charge in [-0.15, -0.1) is 0 Å². The van der Waals surface area contributed by atoms with Crippen LogP contribution in [-0.2, 0) is 0 Å². The summed E-state index contributed by atoms with van der Waals surface area (Å²) in [6.07, 6.45) is 7.21. The van der Waals surface area contributed by atoms with Crippen LogP contribution in [0.2, 0.25) is 0 Å². The van der Waals surface area contributed by atoms with Gasteiger partial charge in [-0.2, -0.15) is 0 Å². The molecule has 0 spiro atoms. The van der Waals surface area contributed by atoms with Crippen LogP contribution in [0.5, 0.6) is 0 Å². The Hall–Kier alpha value is -3.32. The Bertz CT molecular complexity index is 1190. The van der Waals surface area contributed by atoms with Gasteiger partial charge in [-0.1, -0.05) is 98.5 Å². The Kier molecular flexibility index (Phi) is 5.48. The van der Waals surface area contributed by atoms with E-state index in [1.54, 1.807) is 0 Å². The second-order valence-corrected chi connectivity index (χ2v) is 7.52. The first-order valence-electron chi connectivity index (χ1n) is 10.3. The standard InChI is InChI=1S/C28H27N/c1-3-5-13-23(21(4-2)26-17-10-11-18-28(26)29)27-19-20-12-6-7-14-22(20)24-15-8-9-16-25(24)27/h3,5-19,21,23H,1,4,29H2,2H3/b13-5-. The molecule has 0 aromatic heterocycles. The smallest absolute Gasteiger partial charge is 0.0349 e. The van der Waals surface area contributed by atoms with Gasteiger partial charge in [0.2, 0.25) is 0 Å². The molecule has 0 aliphatic carbocycles. The van der Waals surface area contributed by atoms with Crippen LogP contribution in [0.3, 0.4) is 0 Å². The molecule has 4 rings (SSSR count). The number of allylic oxidation sites excluding steroid dienone is 3. The molecule has 4 aromatic carbocycles. The topological polar surface area (TPSA) is 26.0 Å². The van der Waals surface area contributed by atoms with Crippen LogP contribution in [0.4, 0.5) is 5.69 Å². The monoisotopic (exact) mass is 377 g/mol. The zero-order valence-corrected chi connectivity index (χ0v) is 16.9. The van der Waals surface area contributed by atoms with Crippen LogP contribution in [0.15, 0.2) is 104 Å². The average Bonchev–Trinajstić information content (AvgIpc) is 2.77. The number of hydrogen-bond acceptors (Lipinski definition) is 1. The lowest BCUT2D eigenvalue weighted by molar-refractivity contribution is 0.604. The maximum atomic E-state index is 6.40. The van der Waals surface area contributed by atoms with Crippen LogP contribution < -0.4 is 5.73 Å². The summed E-state index contributed by atoms with van der Waals surface area (Å²) in [5.41, 5.74) is 9.82. The van der Waals surface area contributed by atoms with E-state index in [2.05, 4.69) is 92.4 Å². The molecule has 0 saturated heterocycles. The lowest BCUT2D eigenvalue weighted by Gasteiger charge is -2.27. The molecule has 0 saturated carbocycles. The van der Waals surface area contributed by atoms with E-state index >= 15 is 0 Å². The third-order valence-corrected chi connectivity index (χ3v) is 5.88. The normalized spacial score (nSPS) is 13.7. The van der Waals surface area contributed by atoms with Crippen molar-refractivity contribution in [3.63, 3.8) is 0 Å². The van der Waals surface area contributed by atoms with Crippen molar-refractivity contribution in [3.05, 3.63) is 115 Å². The fraction of sp³-hybridized carbons (Fsp3) is 0.143. The molecular formula is C28H27N. The Morgan fingerprint density at radius 2 is 1.48 bits per heavy atom. The van der Waals surface area contributed by atoms with Crippen molar-refractivity contribution >= 4 is 27.2 Å². The van der Waals surface area contributed by atoms with Crippen LogP contribution >= 0.6 is 0 Å². The molecule has 0 radical (unpaired) electrons. The Labute approximate surface area is 173 Å². The number of nitrogen functional groups attached to an aromatic ring is 1. The van der Waals surface area contributed by atoms with Crippen LogP contribution in [-0.4, -0.2) is 0 Å². The van der Waals surface area contributed by atoms with Gasteiger partial charge in [0.1, 0.15) is 0 Å². The highest BCUT2D eigenvalue weighted by atomic mass is 14.6. The first-order chi connectivity index (χ1) is 14.2. The quantitative estimate of drug-likeness (QED) is 0.209. The molecular weight excluding hydrogens is 350 g/mol. The second kappa shape index (κ2) is 8.36. The van der Waals surface area contributed by atoms with E-state index in [1.807, 2.05) is 18.2 Å². The van der Waals surface area contributed by atoms with Gasteiger partial charge in [0.25, 0.3) is 0 Å². The summed E-state index contributed by atoms with van der Waals surface area (Å²) in [4.78, 5) is 0. The van der Waals surface area contributed by atoms with Crippen molar-refractivity contribution in [2.75, 3.05) is 5.73 Å². The van der Waals surface area contributed by atoms with Gasteiger partial charge in [-0.3, -0.25) is 0 Å². The third-order valence-electron chi connectivity index (χ3n) is 5.88. The maximum absolute atomic E-state index is 6.40. The largest absolute Gasteiger partial charge is 0.398 e. The molecule has 4 aromatic rings. The molecule has 0 aliphatic heterocycles. The van der Waals surface area contributed by atoms with Gasteiger partial charge < -0.3 is 5.73 Å². The lowest BCUT2D eigenvalue weighted by atomic mass is 9.77. The molecule has 0 amide bonds. The summed E-state index contributed by atoms with van der Waals surface area (Å²) >= 11 is 0. The summed E-state index contributed by atoms with van der Waals surface area (Å²) in [5, 5.41) is 5.17. The molecule has 29 heavy (non-hydrogen) atoms. The molecule has 2 N–H and O–H groups in total. The number of anilines is 1. The fourth-order valence-corrected chi connectivity index (χ4v) is 4.53. The van der Waals surface area contributed by atoms with Crippen molar-refractivity contribution in [1.82, 2.24) is 0 Å². The number of rotatable bonds is 6. The first kappa shape index (κ1) is 19.0. The van der Waals surface area contributed by atoms with E-state index in [1.165, 1.54) is 32.7 Å². The summed E-state index contributed by atoms with van der Waals surface area (Å²) in [5.74, 6) is 0.495. The molecule has 1 nitrogen and oxygen atoms in total. The van der Waals surface area contributed by atoms with E-state index in [9.17, 15) is 0 Å². The third kappa shape index (κ3) is 3.56. The SMILES string of the molecule is C=C/C=C\C(c1cc2ccccc2c2ccccc12)C(CC)c1ccccc1N. The first-order valence-corrected chi connectivity index (χ1v) is 10.3. The molecule has 2 atom stereocenters. The molecule has 2 unspecified atom stereocenters. The van der Waals surface area contributed by atoms with E-state index in [4.69, 9.17) is 5.73 Å². The van der Waals surface area contributed by atoms with Gasteiger partial charge in [-0.05, 0) is 57.1 Å². The van der Waals surface area contributed by atoms with Gasteiger partial charge in [0, 0.05) is 11.6 Å². The van der Waals surface area contributed by atoms with Crippen LogP contribution in [0.1, 0.15) is 36.3 Å². The second-order valence-electron chi connectivity index (χ2n) is 7.52. The molecule has 0 bridgehead atoms. The van der Waals surface area contributed by atoms with Gasteiger partial charge in [-0.25, -0.2) is 0 Å². The summed E-state index contributed by atoms with van der Waals surface area (Å²) in [6, 6.07) is 28.0. The molecule has 144 valence electrons. The zero-order chi connectivity index (χ0) is 20.2. The number of nitrogens with two attached hydrogens (primary N) is 1. The molecule has 0 fully saturated rings. The summed E-state index contributed by atoms with van der Waals surface area (Å²) in [7, 11) is 0. The van der Waals surface area contributed by atoms with E-state index in [-0.39, 0.29) is 11.8 Å². The van der Waals surface area contributed by atoms with Crippen molar-refractivity contribution < 1.29 is 0 Å². The number of para-hydroxylation sites is 1. The minimum absolute atomic E-state index is 0.206. The van der Waals surface area contributed by atoms with Gasteiger partial charge in [0.15, 0.2) is 0 Å². The predicted octanol–water partition coefficient (Wildman–Crippen LogP) is 7.59. The van der Waals surface area contributed by atoms with Crippen molar-refractivity contribution in [3.8, 4) is 0 Å². The Morgan fingerprint density at radius 1 is 0.828 bits per heavy atom. The molecule has 1 heteroatoms.